The van der Waals surface area contributed by atoms with Crippen LogP contribution in [0, 0.1) is 5.41 Å². The molecule has 0 bridgehead atoms. The van der Waals surface area contributed by atoms with Crippen molar-refractivity contribution < 1.29 is 4.79 Å². The average Bonchev–Trinajstić information content (AvgIpc) is 2.56. The number of nitrogens with zero attached hydrogens (tertiary/aromatic N) is 2. The van der Waals surface area contributed by atoms with Gasteiger partial charge < -0.3 is 10.7 Å². The second kappa shape index (κ2) is 7.35. The highest BCUT2D eigenvalue weighted by Gasteiger charge is 2.13. The van der Waals surface area contributed by atoms with Gasteiger partial charge in [-0.2, -0.15) is 0 Å². The largest absolute Gasteiger partial charge is 0.323 e. The molecule has 2 rings (SSSR count). The number of carbonyl (C=O) groups excluding carboxylic acids is 1. The Morgan fingerprint density at radius 2 is 2.00 bits per heavy atom. The van der Waals surface area contributed by atoms with Gasteiger partial charge in [-0.3, -0.25) is 4.79 Å². The summed E-state index contributed by atoms with van der Waals surface area (Å²) in [5.74, 6) is -0.445. The molecule has 0 saturated carbocycles. The van der Waals surface area contributed by atoms with Crippen LogP contribution in [0.4, 0.5) is 0 Å². The van der Waals surface area contributed by atoms with Gasteiger partial charge in [0, 0.05) is 28.7 Å². The number of hydrogen-bond donors (Lipinski definition) is 2. The van der Waals surface area contributed by atoms with E-state index in [4.69, 9.17) is 28.6 Å². The van der Waals surface area contributed by atoms with Crippen molar-refractivity contribution in [3.8, 4) is 11.3 Å². The van der Waals surface area contributed by atoms with E-state index >= 15 is 0 Å². The molecule has 5 nitrogen and oxygen atoms in total. The topological polar surface area (TPSA) is 78.7 Å². The van der Waals surface area contributed by atoms with E-state index in [1.54, 1.807) is 38.1 Å². The number of nitrogens with one attached hydrogen (secondary N) is 2. The molecule has 0 spiro atoms. The standard InChI is InChI=1S/C16H14Cl2N4O/c1-9(8-19)10(2)21-16(23)15-20-6-5-14(22-15)12-7-11(17)3-4-13(12)18/h3-8,19H,1-2H3,(H,21,23)/b10-9+,19-8?. The van der Waals surface area contributed by atoms with Crippen molar-refractivity contribution in [2.24, 2.45) is 0 Å². The number of rotatable bonds is 4. The summed E-state index contributed by atoms with van der Waals surface area (Å²) >= 11 is 12.1. The van der Waals surface area contributed by atoms with Crippen LogP contribution in [-0.4, -0.2) is 22.1 Å². The number of allylic oxidation sites excluding steroid dienone is 2. The third-order valence-electron chi connectivity index (χ3n) is 3.17. The van der Waals surface area contributed by atoms with Gasteiger partial charge in [0.2, 0.25) is 5.82 Å². The number of halogens is 2. The summed E-state index contributed by atoms with van der Waals surface area (Å²) < 4.78 is 0. The van der Waals surface area contributed by atoms with Crippen LogP contribution < -0.4 is 5.32 Å². The summed E-state index contributed by atoms with van der Waals surface area (Å²) in [6.07, 6.45) is 2.65. The smallest absolute Gasteiger partial charge is 0.293 e. The van der Waals surface area contributed by atoms with Crippen molar-refractivity contribution >= 4 is 35.3 Å². The van der Waals surface area contributed by atoms with E-state index in [0.29, 0.717) is 32.6 Å². The molecule has 0 aliphatic rings. The van der Waals surface area contributed by atoms with E-state index in [1.165, 1.54) is 12.4 Å². The van der Waals surface area contributed by atoms with Crippen molar-refractivity contribution in [3.63, 3.8) is 0 Å². The van der Waals surface area contributed by atoms with E-state index in [2.05, 4.69) is 15.3 Å². The minimum atomic E-state index is -0.455. The van der Waals surface area contributed by atoms with Crippen LogP contribution in [0.25, 0.3) is 11.3 Å². The Hall–Kier alpha value is -2.24. The fraction of sp³-hybridized carbons (Fsp3) is 0.125. The van der Waals surface area contributed by atoms with Gasteiger partial charge in [-0.1, -0.05) is 23.2 Å². The molecule has 0 aliphatic carbocycles. The number of benzene rings is 1. The zero-order chi connectivity index (χ0) is 17.0. The summed E-state index contributed by atoms with van der Waals surface area (Å²) in [6, 6.07) is 6.68. The monoisotopic (exact) mass is 348 g/mol. The molecule has 7 heteroatoms. The van der Waals surface area contributed by atoms with Crippen molar-refractivity contribution in [1.29, 1.82) is 5.41 Å². The van der Waals surface area contributed by atoms with E-state index in [0.717, 1.165) is 0 Å². The maximum Gasteiger partial charge on any atom is 0.293 e. The van der Waals surface area contributed by atoms with Gasteiger partial charge in [0.15, 0.2) is 0 Å². The highest BCUT2D eigenvalue weighted by atomic mass is 35.5. The highest BCUT2D eigenvalue weighted by molar-refractivity contribution is 6.35. The Balaban J connectivity index is 2.35. The summed E-state index contributed by atoms with van der Waals surface area (Å²) in [6.45, 7) is 3.43. The van der Waals surface area contributed by atoms with Crippen molar-refractivity contribution in [2.45, 2.75) is 13.8 Å². The van der Waals surface area contributed by atoms with Gasteiger partial charge in [-0.15, -0.1) is 0 Å². The summed E-state index contributed by atoms with van der Waals surface area (Å²) in [7, 11) is 0. The lowest BCUT2D eigenvalue weighted by atomic mass is 10.1. The molecule has 1 heterocycles. The molecule has 118 valence electrons. The normalized spacial score (nSPS) is 11.7. The van der Waals surface area contributed by atoms with Crippen LogP contribution in [-0.2, 0) is 0 Å². The highest BCUT2D eigenvalue weighted by Crippen LogP contribution is 2.29. The SMILES string of the molecule is C/C(C=N)=C(/C)NC(=O)c1nccc(-c2cc(Cl)ccc2Cl)n1. The second-order valence-corrected chi connectivity index (χ2v) is 5.64. The van der Waals surface area contributed by atoms with E-state index in [9.17, 15) is 4.79 Å². The van der Waals surface area contributed by atoms with Crippen LogP contribution in [0.1, 0.15) is 24.5 Å². The predicted octanol–water partition coefficient (Wildman–Crippen LogP) is 4.12. The van der Waals surface area contributed by atoms with Crippen LogP contribution in [0.15, 0.2) is 41.7 Å². The number of hydrogen-bond acceptors (Lipinski definition) is 4. The number of amides is 1. The van der Waals surface area contributed by atoms with E-state index in [-0.39, 0.29) is 5.82 Å². The average molecular weight is 349 g/mol. The Kier molecular flexibility index (Phi) is 5.47. The molecular weight excluding hydrogens is 335 g/mol. The molecule has 2 aromatic rings. The number of aromatic nitrogens is 2. The summed E-state index contributed by atoms with van der Waals surface area (Å²) in [4.78, 5) is 20.4. The molecule has 0 atom stereocenters. The first kappa shape index (κ1) is 17.1. The minimum Gasteiger partial charge on any atom is -0.323 e. The van der Waals surface area contributed by atoms with Crippen molar-refractivity contribution in [3.05, 3.63) is 57.6 Å². The van der Waals surface area contributed by atoms with E-state index in [1.807, 2.05) is 0 Å². The first-order valence-electron chi connectivity index (χ1n) is 6.70. The molecule has 1 aromatic heterocycles. The molecule has 0 aliphatic heterocycles. The summed E-state index contributed by atoms with van der Waals surface area (Å²) in [5.41, 5.74) is 2.34. The zero-order valence-electron chi connectivity index (χ0n) is 12.5. The van der Waals surface area contributed by atoms with E-state index < -0.39 is 5.91 Å². The summed E-state index contributed by atoms with van der Waals surface area (Å²) in [5, 5.41) is 10.8. The first-order valence-corrected chi connectivity index (χ1v) is 7.45. The van der Waals surface area contributed by atoms with Crippen LogP contribution >= 0.6 is 23.2 Å². The quantitative estimate of drug-likeness (QED) is 0.815. The molecule has 23 heavy (non-hydrogen) atoms. The first-order chi connectivity index (χ1) is 10.9. The Labute approximate surface area is 143 Å². The molecule has 0 fully saturated rings. The predicted molar refractivity (Wildman–Crippen MR) is 92.1 cm³/mol. The van der Waals surface area contributed by atoms with Gasteiger partial charge in [0.25, 0.3) is 5.91 Å². The lowest BCUT2D eigenvalue weighted by Crippen LogP contribution is -2.24. The molecule has 1 aromatic carbocycles. The molecule has 0 unspecified atom stereocenters. The van der Waals surface area contributed by atoms with Gasteiger partial charge in [0.05, 0.1) is 10.7 Å². The van der Waals surface area contributed by atoms with Crippen molar-refractivity contribution in [2.75, 3.05) is 0 Å². The maximum absolute atomic E-state index is 12.2. The third kappa shape index (κ3) is 4.15. The third-order valence-corrected chi connectivity index (χ3v) is 3.74. The number of carbonyl (C=O) groups is 1. The molecule has 2 N–H and O–H groups in total. The lowest BCUT2D eigenvalue weighted by Gasteiger charge is -2.08. The fourth-order valence-corrected chi connectivity index (χ4v) is 2.13. The fourth-order valence-electron chi connectivity index (χ4n) is 1.74. The van der Waals surface area contributed by atoms with Gasteiger partial charge >= 0.3 is 0 Å². The minimum absolute atomic E-state index is 0.00988. The molecule has 1 amide bonds. The Morgan fingerprint density at radius 1 is 1.26 bits per heavy atom. The lowest BCUT2D eigenvalue weighted by molar-refractivity contribution is 0.0955. The van der Waals surface area contributed by atoms with Crippen LogP contribution in [0.2, 0.25) is 10.0 Å². The second-order valence-electron chi connectivity index (χ2n) is 4.80. The molecule has 0 radical (unpaired) electrons. The van der Waals surface area contributed by atoms with Gasteiger partial charge in [-0.05, 0) is 43.7 Å². The molecule has 0 saturated heterocycles. The molecular formula is C16H14Cl2N4O. The maximum atomic E-state index is 12.2. The van der Waals surface area contributed by atoms with Gasteiger partial charge in [-0.25, -0.2) is 9.97 Å². The van der Waals surface area contributed by atoms with Crippen LogP contribution in [0.3, 0.4) is 0 Å². The Bertz CT molecular complexity index is 802. The zero-order valence-corrected chi connectivity index (χ0v) is 14.0. The Morgan fingerprint density at radius 3 is 2.70 bits per heavy atom. The van der Waals surface area contributed by atoms with Crippen molar-refractivity contribution in [1.82, 2.24) is 15.3 Å². The van der Waals surface area contributed by atoms with Gasteiger partial charge in [0.1, 0.15) is 0 Å². The van der Waals surface area contributed by atoms with Crippen LogP contribution in [0.5, 0.6) is 0 Å².